The maximum atomic E-state index is 11.6. The van der Waals surface area contributed by atoms with Gasteiger partial charge in [0.15, 0.2) is 0 Å². The van der Waals surface area contributed by atoms with E-state index < -0.39 is 11.9 Å². The van der Waals surface area contributed by atoms with Crippen LogP contribution in [0.15, 0.2) is 0 Å². The van der Waals surface area contributed by atoms with Crippen LogP contribution in [-0.4, -0.2) is 22.2 Å². The van der Waals surface area contributed by atoms with Gasteiger partial charge >= 0.3 is 11.9 Å². The first-order valence-electron chi connectivity index (χ1n) is 11.4. The molecule has 1 aliphatic carbocycles. The summed E-state index contributed by atoms with van der Waals surface area (Å²) in [5.74, 6) is -1.44. The van der Waals surface area contributed by atoms with Gasteiger partial charge in [-0.05, 0) is 43.4 Å². The number of hydrogen-bond donors (Lipinski definition) is 2. The third-order valence-electron chi connectivity index (χ3n) is 6.61. The van der Waals surface area contributed by atoms with E-state index in [1.807, 2.05) is 6.92 Å². The van der Waals surface area contributed by atoms with Crippen LogP contribution in [0, 0.1) is 17.3 Å². The van der Waals surface area contributed by atoms with Crippen molar-refractivity contribution in [3.8, 4) is 0 Å². The van der Waals surface area contributed by atoms with E-state index in [-0.39, 0.29) is 23.7 Å². The Labute approximate surface area is 166 Å². The molecule has 0 bridgehead atoms. The van der Waals surface area contributed by atoms with Gasteiger partial charge < -0.3 is 10.2 Å². The van der Waals surface area contributed by atoms with Gasteiger partial charge in [-0.3, -0.25) is 9.59 Å². The standard InChI is InChI=1S/C23H42O4/c1-3-4-5-6-7-8-9-10-11-14-20(19(2)22(26)27)23(17-18-23)16-13-12-15-21(24)25/h19-20H,3-18H2,1-2H3,(H,24,25)(H,26,27). The molecule has 2 atom stereocenters. The molecule has 0 aromatic heterocycles. The summed E-state index contributed by atoms with van der Waals surface area (Å²) in [6.07, 6.45) is 17.7. The molecule has 0 saturated heterocycles. The largest absolute Gasteiger partial charge is 0.481 e. The lowest BCUT2D eigenvalue weighted by atomic mass is 9.74. The minimum absolute atomic E-state index is 0.177. The number of aliphatic carboxylic acids is 2. The summed E-state index contributed by atoms with van der Waals surface area (Å²) in [6, 6.07) is 0. The fourth-order valence-electron chi connectivity index (χ4n) is 4.65. The summed E-state index contributed by atoms with van der Waals surface area (Å²) in [5, 5.41) is 18.4. The highest BCUT2D eigenvalue weighted by molar-refractivity contribution is 5.70. The monoisotopic (exact) mass is 382 g/mol. The van der Waals surface area contributed by atoms with E-state index in [0.29, 0.717) is 6.42 Å². The molecule has 4 nitrogen and oxygen atoms in total. The molecule has 0 spiro atoms. The Balaban J connectivity index is 2.33. The molecular formula is C23H42O4. The quantitative estimate of drug-likeness (QED) is 0.260. The Morgan fingerprint density at radius 3 is 1.89 bits per heavy atom. The van der Waals surface area contributed by atoms with Crippen molar-refractivity contribution in [3.63, 3.8) is 0 Å². The lowest BCUT2D eigenvalue weighted by Gasteiger charge is -2.30. The number of carbonyl (C=O) groups is 2. The lowest BCUT2D eigenvalue weighted by Crippen LogP contribution is -2.29. The maximum absolute atomic E-state index is 11.6. The van der Waals surface area contributed by atoms with E-state index in [0.717, 1.165) is 38.5 Å². The molecule has 0 aromatic carbocycles. The van der Waals surface area contributed by atoms with Gasteiger partial charge in [0, 0.05) is 6.42 Å². The van der Waals surface area contributed by atoms with Crippen LogP contribution < -0.4 is 0 Å². The van der Waals surface area contributed by atoms with Gasteiger partial charge in [0.25, 0.3) is 0 Å². The zero-order valence-corrected chi connectivity index (χ0v) is 17.7. The topological polar surface area (TPSA) is 74.6 Å². The van der Waals surface area contributed by atoms with Crippen LogP contribution in [0.2, 0.25) is 0 Å². The molecule has 0 heterocycles. The summed E-state index contributed by atoms with van der Waals surface area (Å²) in [5.41, 5.74) is 0.177. The van der Waals surface area contributed by atoms with E-state index in [9.17, 15) is 14.7 Å². The van der Waals surface area contributed by atoms with Gasteiger partial charge in [0.1, 0.15) is 0 Å². The molecule has 158 valence electrons. The Hall–Kier alpha value is -1.06. The second kappa shape index (κ2) is 13.2. The smallest absolute Gasteiger partial charge is 0.306 e. The average Bonchev–Trinajstić information content (AvgIpc) is 3.40. The van der Waals surface area contributed by atoms with Crippen molar-refractivity contribution in [2.45, 2.75) is 117 Å². The minimum atomic E-state index is -0.731. The van der Waals surface area contributed by atoms with Crippen molar-refractivity contribution in [2.75, 3.05) is 0 Å². The molecule has 2 N–H and O–H groups in total. The minimum Gasteiger partial charge on any atom is -0.481 e. The van der Waals surface area contributed by atoms with E-state index in [1.165, 1.54) is 51.4 Å². The highest BCUT2D eigenvalue weighted by atomic mass is 16.4. The molecule has 27 heavy (non-hydrogen) atoms. The van der Waals surface area contributed by atoms with Crippen molar-refractivity contribution in [1.82, 2.24) is 0 Å². The first-order chi connectivity index (χ1) is 12.9. The summed E-state index contributed by atoms with van der Waals surface area (Å²) in [4.78, 5) is 22.3. The van der Waals surface area contributed by atoms with Crippen LogP contribution >= 0.6 is 0 Å². The molecule has 0 aliphatic heterocycles. The normalized spacial score (nSPS) is 17.4. The summed E-state index contributed by atoms with van der Waals surface area (Å²) < 4.78 is 0. The van der Waals surface area contributed by atoms with Crippen molar-refractivity contribution >= 4 is 11.9 Å². The number of carboxylic acids is 2. The molecule has 0 radical (unpaired) electrons. The molecule has 2 unspecified atom stereocenters. The van der Waals surface area contributed by atoms with Crippen LogP contribution in [0.4, 0.5) is 0 Å². The SMILES string of the molecule is CCCCCCCCCCCC(C(C)C(=O)O)C1(CCCCC(=O)O)CC1. The van der Waals surface area contributed by atoms with Gasteiger partial charge in [-0.1, -0.05) is 78.1 Å². The highest BCUT2D eigenvalue weighted by Crippen LogP contribution is 2.59. The molecule has 1 rings (SSSR count). The Kier molecular flexibility index (Phi) is 11.7. The van der Waals surface area contributed by atoms with E-state index >= 15 is 0 Å². The van der Waals surface area contributed by atoms with Gasteiger partial charge in [-0.2, -0.15) is 0 Å². The lowest BCUT2D eigenvalue weighted by molar-refractivity contribution is -0.144. The van der Waals surface area contributed by atoms with Gasteiger partial charge in [-0.15, -0.1) is 0 Å². The van der Waals surface area contributed by atoms with Crippen LogP contribution in [0.25, 0.3) is 0 Å². The van der Waals surface area contributed by atoms with Crippen molar-refractivity contribution < 1.29 is 19.8 Å². The molecule has 0 amide bonds. The van der Waals surface area contributed by atoms with Crippen LogP contribution in [0.5, 0.6) is 0 Å². The second-order valence-corrected chi connectivity index (χ2v) is 8.81. The van der Waals surface area contributed by atoms with Crippen LogP contribution in [-0.2, 0) is 9.59 Å². The van der Waals surface area contributed by atoms with E-state index in [4.69, 9.17) is 5.11 Å². The first-order valence-corrected chi connectivity index (χ1v) is 11.4. The summed E-state index contributed by atoms with van der Waals surface area (Å²) in [7, 11) is 0. The Bertz CT molecular complexity index is 428. The van der Waals surface area contributed by atoms with Gasteiger partial charge in [-0.25, -0.2) is 0 Å². The highest BCUT2D eigenvalue weighted by Gasteiger charge is 2.51. The number of unbranched alkanes of at least 4 members (excludes halogenated alkanes) is 9. The van der Waals surface area contributed by atoms with Gasteiger partial charge in [0.05, 0.1) is 5.92 Å². The number of rotatable bonds is 18. The third kappa shape index (κ3) is 9.62. The molecular weight excluding hydrogens is 340 g/mol. The second-order valence-electron chi connectivity index (χ2n) is 8.81. The molecule has 4 heteroatoms. The predicted molar refractivity (Wildman–Crippen MR) is 110 cm³/mol. The van der Waals surface area contributed by atoms with E-state index in [1.54, 1.807) is 0 Å². The van der Waals surface area contributed by atoms with E-state index in [2.05, 4.69) is 6.92 Å². The van der Waals surface area contributed by atoms with Crippen molar-refractivity contribution in [3.05, 3.63) is 0 Å². The molecule has 1 fully saturated rings. The Morgan fingerprint density at radius 2 is 1.41 bits per heavy atom. The van der Waals surface area contributed by atoms with Crippen molar-refractivity contribution in [1.29, 1.82) is 0 Å². The fourth-order valence-corrected chi connectivity index (χ4v) is 4.65. The third-order valence-corrected chi connectivity index (χ3v) is 6.61. The van der Waals surface area contributed by atoms with Crippen molar-refractivity contribution in [2.24, 2.45) is 17.3 Å². The number of carboxylic acid groups (broad SMARTS) is 2. The zero-order chi connectivity index (χ0) is 20.1. The maximum Gasteiger partial charge on any atom is 0.306 e. The summed E-state index contributed by atoms with van der Waals surface area (Å²) >= 11 is 0. The molecule has 1 aliphatic rings. The van der Waals surface area contributed by atoms with Gasteiger partial charge in [0.2, 0.25) is 0 Å². The first kappa shape index (κ1) is 24.0. The average molecular weight is 383 g/mol. The van der Waals surface area contributed by atoms with Crippen LogP contribution in [0.3, 0.4) is 0 Å². The summed E-state index contributed by atoms with van der Waals surface area (Å²) in [6.45, 7) is 4.12. The molecule has 0 aromatic rings. The molecule has 1 saturated carbocycles. The van der Waals surface area contributed by atoms with Crippen LogP contribution in [0.1, 0.15) is 117 Å². The predicted octanol–water partition coefficient (Wildman–Crippen LogP) is 6.67. The Morgan fingerprint density at radius 1 is 0.852 bits per heavy atom. The zero-order valence-electron chi connectivity index (χ0n) is 17.7. The number of hydrogen-bond acceptors (Lipinski definition) is 2. The fraction of sp³-hybridized carbons (Fsp3) is 0.913.